The Morgan fingerprint density at radius 1 is 0.846 bits per heavy atom. The van der Waals surface area contributed by atoms with Gasteiger partial charge in [0.15, 0.2) is 6.29 Å². The van der Waals surface area contributed by atoms with Crippen LogP contribution in [0, 0.1) is 5.82 Å². The van der Waals surface area contributed by atoms with E-state index in [1.165, 1.54) is 30.7 Å². The molecule has 2 fully saturated rings. The predicted octanol–water partition coefficient (Wildman–Crippen LogP) is 5.03. The summed E-state index contributed by atoms with van der Waals surface area (Å²) in [5.74, 6) is -0.274. The fraction of sp³-hybridized carbons (Fsp3) is 0.364. The van der Waals surface area contributed by atoms with Crippen LogP contribution in [0.1, 0.15) is 42.2 Å². The van der Waals surface area contributed by atoms with Crippen LogP contribution in [-0.2, 0) is 9.47 Å². The second kappa shape index (κ2) is 8.02. The summed E-state index contributed by atoms with van der Waals surface area (Å²) in [6.07, 6.45) is 6.91. The minimum Gasteiger partial charge on any atom is -0.372 e. The van der Waals surface area contributed by atoms with Crippen molar-refractivity contribution in [3.05, 3.63) is 65.0 Å². The Kier molecular flexibility index (Phi) is 5.32. The minimum absolute atomic E-state index is 0.274. The van der Waals surface area contributed by atoms with Gasteiger partial charge in [-0.1, -0.05) is 24.3 Å². The highest BCUT2D eigenvalue weighted by atomic mass is 19.1. The van der Waals surface area contributed by atoms with Crippen LogP contribution in [0.3, 0.4) is 0 Å². The zero-order valence-corrected chi connectivity index (χ0v) is 14.9. The molecule has 0 spiro atoms. The summed E-state index contributed by atoms with van der Waals surface area (Å²) in [7, 11) is 0. The van der Waals surface area contributed by atoms with Crippen LogP contribution < -0.4 is 4.90 Å². The van der Waals surface area contributed by atoms with Crippen molar-refractivity contribution in [2.45, 2.75) is 25.6 Å². The molecule has 2 aliphatic heterocycles. The molecule has 3 nitrogen and oxygen atoms in total. The Hall–Kier alpha value is -2.17. The number of nitrogens with zero attached hydrogens (tertiary/aromatic N) is 1. The van der Waals surface area contributed by atoms with E-state index < -0.39 is 6.29 Å². The van der Waals surface area contributed by atoms with Gasteiger partial charge in [-0.15, -0.1) is 0 Å². The van der Waals surface area contributed by atoms with Gasteiger partial charge in [-0.05, 0) is 60.7 Å². The van der Waals surface area contributed by atoms with Crippen molar-refractivity contribution in [1.82, 2.24) is 0 Å². The van der Waals surface area contributed by atoms with Gasteiger partial charge >= 0.3 is 0 Å². The Morgan fingerprint density at radius 3 is 2.27 bits per heavy atom. The molecule has 0 unspecified atom stereocenters. The normalized spacial score (nSPS) is 18.7. The molecule has 2 aromatic carbocycles. The van der Waals surface area contributed by atoms with Gasteiger partial charge in [-0.3, -0.25) is 0 Å². The van der Waals surface area contributed by atoms with Gasteiger partial charge in [0.25, 0.3) is 0 Å². The number of anilines is 1. The molecule has 2 heterocycles. The van der Waals surface area contributed by atoms with E-state index in [4.69, 9.17) is 9.47 Å². The molecular weight excluding hydrogens is 329 g/mol. The lowest BCUT2D eigenvalue weighted by Gasteiger charge is -2.23. The smallest absolute Gasteiger partial charge is 0.183 e. The van der Waals surface area contributed by atoms with Crippen molar-refractivity contribution in [3.8, 4) is 0 Å². The van der Waals surface area contributed by atoms with Gasteiger partial charge in [0.1, 0.15) is 5.82 Å². The van der Waals surface area contributed by atoms with Crippen LogP contribution in [0.25, 0.3) is 12.2 Å². The number of hydrogen-bond donors (Lipinski definition) is 0. The molecule has 2 aromatic rings. The Labute approximate surface area is 154 Å². The van der Waals surface area contributed by atoms with E-state index >= 15 is 0 Å². The van der Waals surface area contributed by atoms with E-state index in [-0.39, 0.29) is 5.82 Å². The van der Waals surface area contributed by atoms with E-state index in [0.717, 1.165) is 36.2 Å². The lowest BCUT2D eigenvalue weighted by molar-refractivity contribution is -0.183. The summed E-state index contributed by atoms with van der Waals surface area (Å²) in [4.78, 5) is 2.41. The number of ether oxygens (including phenoxy) is 2. The summed E-state index contributed by atoms with van der Waals surface area (Å²) in [6, 6.07) is 13.5. The van der Waals surface area contributed by atoms with Gasteiger partial charge < -0.3 is 14.4 Å². The lowest BCUT2D eigenvalue weighted by Crippen LogP contribution is -2.17. The van der Waals surface area contributed by atoms with Crippen LogP contribution in [0.15, 0.2) is 42.5 Å². The van der Waals surface area contributed by atoms with Crippen LogP contribution in [0.2, 0.25) is 0 Å². The summed E-state index contributed by atoms with van der Waals surface area (Å²) in [5.41, 5.74) is 3.92. The van der Waals surface area contributed by atoms with E-state index in [1.54, 1.807) is 0 Å². The zero-order valence-electron chi connectivity index (χ0n) is 14.9. The van der Waals surface area contributed by atoms with Gasteiger partial charge in [-0.25, -0.2) is 4.39 Å². The molecule has 0 aliphatic carbocycles. The highest BCUT2D eigenvalue weighted by Crippen LogP contribution is 2.26. The van der Waals surface area contributed by atoms with Crippen LogP contribution in [0.4, 0.5) is 10.1 Å². The van der Waals surface area contributed by atoms with Crippen molar-refractivity contribution in [1.29, 1.82) is 0 Å². The predicted molar refractivity (Wildman–Crippen MR) is 102 cm³/mol. The first kappa shape index (κ1) is 17.3. The molecule has 0 aromatic heterocycles. The fourth-order valence-corrected chi connectivity index (χ4v) is 3.51. The average Bonchev–Trinajstić information content (AvgIpc) is 3.22. The number of benzene rings is 2. The van der Waals surface area contributed by atoms with Gasteiger partial charge in [0.2, 0.25) is 0 Å². The molecule has 2 aliphatic rings. The summed E-state index contributed by atoms with van der Waals surface area (Å²) < 4.78 is 25.1. The van der Waals surface area contributed by atoms with Crippen molar-refractivity contribution >= 4 is 17.8 Å². The Morgan fingerprint density at radius 2 is 1.54 bits per heavy atom. The quantitative estimate of drug-likeness (QED) is 0.720. The number of halogens is 1. The molecule has 0 saturated carbocycles. The molecule has 4 rings (SSSR count). The fourth-order valence-electron chi connectivity index (χ4n) is 3.51. The number of hydrogen-bond acceptors (Lipinski definition) is 3. The minimum atomic E-state index is -0.466. The maximum atomic E-state index is 14.0. The maximum Gasteiger partial charge on any atom is 0.183 e. The lowest BCUT2D eigenvalue weighted by atomic mass is 10.1. The largest absolute Gasteiger partial charge is 0.372 e. The average molecular weight is 353 g/mol. The van der Waals surface area contributed by atoms with Gasteiger partial charge in [-0.2, -0.15) is 0 Å². The molecule has 2 saturated heterocycles. The molecule has 0 atom stereocenters. The SMILES string of the molecule is Fc1cc(C=Cc2ccc(N3CCCC3)cc2)cc(C2OCCCO2)c1. The van der Waals surface area contributed by atoms with Crippen LogP contribution in [0.5, 0.6) is 0 Å². The molecule has 0 radical (unpaired) electrons. The van der Waals surface area contributed by atoms with Crippen LogP contribution in [-0.4, -0.2) is 26.3 Å². The first-order valence-corrected chi connectivity index (χ1v) is 9.35. The van der Waals surface area contributed by atoms with E-state index in [9.17, 15) is 4.39 Å². The molecular formula is C22H24FNO2. The van der Waals surface area contributed by atoms with E-state index in [0.29, 0.717) is 13.2 Å². The molecule has 0 bridgehead atoms. The van der Waals surface area contributed by atoms with Gasteiger partial charge in [0.05, 0.1) is 13.2 Å². The standard InChI is InChI=1S/C22H24FNO2/c23-20-15-18(14-19(16-20)22-25-12-3-13-26-22)5-4-17-6-8-21(9-7-17)24-10-1-2-11-24/h4-9,14-16,22H,1-3,10-13H2. The van der Waals surface area contributed by atoms with Gasteiger partial charge in [0, 0.05) is 24.3 Å². The first-order chi connectivity index (χ1) is 12.8. The zero-order chi connectivity index (χ0) is 17.8. The highest BCUT2D eigenvalue weighted by Gasteiger charge is 2.17. The molecule has 0 amide bonds. The molecule has 0 N–H and O–H groups in total. The summed E-state index contributed by atoms with van der Waals surface area (Å²) >= 11 is 0. The third-order valence-corrected chi connectivity index (χ3v) is 4.87. The maximum absolute atomic E-state index is 14.0. The third-order valence-electron chi connectivity index (χ3n) is 4.87. The van der Waals surface area contributed by atoms with Crippen molar-refractivity contribution in [3.63, 3.8) is 0 Å². The summed E-state index contributed by atoms with van der Waals surface area (Å²) in [6.45, 7) is 3.59. The van der Waals surface area contributed by atoms with Crippen molar-refractivity contribution in [2.75, 3.05) is 31.2 Å². The van der Waals surface area contributed by atoms with Crippen molar-refractivity contribution < 1.29 is 13.9 Å². The topological polar surface area (TPSA) is 21.7 Å². The second-order valence-corrected chi connectivity index (χ2v) is 6.86. The highest BCUT2D eigenvalue weighted by molar-refractivity contribution is 5.71. The van der Waals surface area contributed by atoms with E-state index in [2.05, 4.69) is 29.2 Å². The Bertz CT molecular complexity index is 760. The molecule has 26 heavy (non-hydrogen) atoms. The van der Waals surface area contributed by atoms with Crippen molar-refractivity contribution in [2.24, 2.45) is 0 Å². The molecule has 4 heteroatoms. The monoisotopic (exact) mass is 353 g/mol. The number of rotatable bonds is 4. The Balaban J connectivity index is 1.48. The molecule has 136 valence electrons. The third kappa shape index (κ3) is 4.14. The van der Waals surface area contributed by atoms with Crippen LogP contribution >= 0.6 is 0 Å². The first-order valence-electron chi connectivity index (χ1n) is 9.35. The van der Waals surface area contributed by atoms with E-state index in [1.807, 2.05) is 18.2 Å². The second-order valence-electron chi connectivity index (χ2n) is 6.86. The summed E-state index contributed by atoms with van der Waals surface area (Å²) in [5, 5.41) is 0.